The van der Waals surface area contributed by atoms with Gasteiger partial charge in [-0.1, -0.05) is 6.07 Å². The lowest BCUT2D eigenvalue weighted by atomic mass is 10.1. The van der Waals surface area contributed by atoms with Crippen LogP contribution in [0.15, 0.2) is 30.6 Å². The van der Waals surface area contributed by atoms with Gasteiger partial charge in [0, 0.05) is 18.1 Å². The molecule has 2 rings (SSSR count). The van der Waals surface area contributed by atoms with Crippen LogP contribution in [0, 0.1) is 31.6 Å². The van der Waals surface area contributed by atoms with E-state index in [1.54, 1.807) is 0 Å². The summed E-state index contributed by atoms with van der Waals surface area (Å²) in [6.07, 6.45) is 12.6. The molecule has 1 heterocycles. The second-order valence-corrected chi connectivity index (χ2v) is 2.84. The SMILES string of the molecule is [CH]1[CH][CH][C](C[n+]2ccccc2)[CH]1. The molecule has 1 nitrogen and oxygen atoms in total. The molecule has 0 amide bonds. The summed E-state index contributed by atoms with van der Waals surface area (Å²) in [6.45, 7) is 0.966. The van der Waals surface area contributed by atoms with Gasteiger partial charge in [-0.15, -0.1) is 0 Å². The van der Waals surface area contributed by atoms with Gasteiger partial charge in [0.15, 0.2) is 18.9 Å². The zero-order valence-corrected chi connectivity index (χ0v) is 6.85. The predicted octanol–water partition coefficient (Wildman–Crippen LogP) is 1.38. The molecule has 59 valence electrons. The van der Waals surface area contributed by atoms with Crippen molar-refractivity contribution >= 4 is 0 Å². The second-order valence-electron chi connectivity index (χ2n) is 2.84. The number of pyridine rings is 1. The first-order valence-corrected chi connectivity index (χ1v) is 4.10. The van der Waals surface area contributed by atoms with Gasteiger partial charge in [-0.2, -0.15) is 0 Å². The molecule has 0 aromatic carbocycles. The Hall–Kier alpha value is -0.850. The van der Waals surface area contributed by atoms with Crippen molar-refractivity contribution < 1.29 is 4.57 Å². The molecule has 0 atom stereocenters. The van der Waals surface area contributed by atoms with Crippen LogP contribution < -0.4 is 4.57 Å². The highest BCUT2D eigenvalue weighted by Crippen LogP contribution is 2.22. The fourth-order valence-corrected chi connectivity index (χ4v) is 1.27. The lowest BCUT2D eigenvalue weighted by Crippen LogP contribution is -2.35. The minimum absolute atomic E-state index is 0.966. The summed E-state index contributed by atoms with van der Waals surface area (Å²) in [5, 5.41) is 0. The van der Waals surface area contributed by atoms with Crippen LogP contribution in [0.5, 0.6) is 0 Å². The quantitative estimate of drug-likeness (QED) is 0.571. The molecule has 5 radical (unpaired) electrons. The lowest BCUT2D eigenvalue weighted by Gasteiger charge is -2.01. The van der Waals surface area contributed by atoms with Crippen molar-refractivity contribution in [2.45, 2.75) is 6.54 Å². The van der Waals surface area contributed by atoms with E-state index in [0.29, 0.717) is 0 Å². The molecule has 1 aromatic rings. The molecule has 0 N–H and O–H groups in total. The third kappa shape index (κ3) is 1.84. The minimum Gasteiger partial charge on any atom is -0.204 e. The van der Waals surface area contributed by atoms with Crippen molar-refractivity contribution in [2.24, 2.45) is 0 Å². The molecule has 1 aromatic heterocycles. The van der Waals surface area contributed by atoms with E-state index in [2.05, 4.69) is 42.6 Å². The Balaban J connectivity index is 1.94. The highest BCUT2D eigenvalue weighted by molar-refractivity contribution is 5.34. The standard InChI is InChI=1S/C11H11N/c1-4-8-12(9-5-1)10-11-6-2-3-7-11/h1-9H,10H2/q+1. The first-order chi connectivity index (χ1) is 5.95. The zero-order chi connectivity index (χ0) is 8.23. The first-order valence-electron chi connectivity index (χ1n) is 4.10. The second kappa shape index (κ2) is 3.70. The maximum atomic E-state index is 2.16. The van der Waals surface area contributed by atoms with Gasteiger partial charge in [0.25, 0.3) is 0 Å². The Morgan fingerprint density at radius 2 is 1.58 bits per heavy atom. The molecular weight excluding hydrogens is 146 g/mol. The third-order valence-electron chi connectivity index (χ3n) is 1.87. The topological polar surface area (TPSA) is 3.88 Å². The van der Waals surface area contributed by atoms with Crippen molar-refractivity contribution in [3.05, 3.63) is 62.2 Å². The molecule has 1 heteroatoms. The summed E-state index contributed by atoms with van der Waals surface area (Å²) >= 11 is 0. The Kier molecular flexibility index (Phi) is 2.40. The van der Waals surface area contributed by atoms with Gasteiger partial charge < -0.3 is 0 Å². The number of rotatable bonds is 2. The molecule has 1 aliphatic rings. The summed E-state index contributed by atoms with van der Waals surface area (Å²) in [5.41, 5.74) is 0. The van der Waals surface area contributed by atoms with Gasteiger partial charge in [0.2, 0.25) is 0 Å². The number of hydrogen-bond acceptors (Lipinski definition) is 0. The van der Waals surface area contributed by atoms with Crippen molar-refractivity contribution in [3.63, 3.8) is 0 Å². The van der Waals surface area contributed by atoms with Crippen LogP contribution >= 0.6 is 0 Å². The van der Waals surface area contributed by atoms with E-state index in [1.807, 2.05) is 18.2 Å². The molecule has 0 aliphatic heterocycles. The van der Waals surface area contributed by atoms with Crippen LogP contribution in [0.1, 0.15) is 0 Å². The molecule has 1 aliphatic carbocycles. The summed E-state index contributed by atoms with van der Waals surface area (Å²) < 4.78 is 2.16. The molecular formula is C11H11N+. The molecule has 0 unspecified atom stereocenters. The van der Waals surface area contributed by atoms with Crippen LogP contribution in [0.25, 0.3) is 0 Å². The first kappa shape index (κ1) is 7.78. The number of hydrogen-bond donors (Lipinski definition) is 0. The van der Waals surface area contributed by atoms with Crippen LogP contribution in [0.2, 0.25) is 0 Å². The van der Waals surface area contributed by atoms with Crippen LogP contribution in [-0.4, -0.2) is 0 Å². The minimum atomic E-state index is 0.966. The average Bonchev–Trinajstić information content (AvgIpc) is 2.59. The summed E-state index contributed by atoms with van der Waals surface area (Å²) in [6, 6.07) is 6.12. The number of nitrogens with zero attached hydrogens (tertiary/aromatic N) is 1. The molecule has 12 heavy (non-hydrogen) atoms. The monoisotopic (exact) mass is 157 g/mol. The molecule has 0 saturated heterocycles. The Morgan fingerprint density at radius 1 is 0.917 bits per heavy atom. The fraction of sp³-hybridized carbons (Fsp3) is 0.0909. The van der Waals surface area contributed by atoms with E-state index in [-0.39, 0.29) is 0 Å². The predicted molar refractivity (Wildman–Crippen MR) is 47.1 cm³/mol. The third-order valence-corrected chi connectivity index (χ3v) is 1.87. The van der Waals surface area contributed by atoms with Crippen LogP contribution in [-0.2, 0) is 6.54 Å². The molecule has 1 saturated carbocycles. The van der Waals surface area contributed by atoms with Gasteiger partial charge in [0.1, 0.15) is 0 Å². The highest BCUT2D eigenvalue weighted by atomic mass is 14.9. The van der Waals surface area contributed by atoms with Gasteiger partial charge in [-0.3, -0.25) is 0 Å². The highest BCUT2D eigenvalue weighted by Gasteiger charge is 2.20. The van der Waals surface area contributed by atoms with Crippen molar-refractivity contribution in [1.29, 1.82) is 0 Å². The normalized spacial score (nSPS) is 18.3. The molecule has 0 bridgehead atoms. The van der Waals surface area contributed by atoms with E-state index in [9.17, 15) is 0 Å². The van der Waals surface area contributed by atoms with Crippen molar-refractivity contribution in [2.75, 3.05) is 0 Å². The van der Waals surface area contributed by atoms with Gasteiger partial charge in [0.05, 0.1) is 0 Å². The molecule has 1 fully saturated rings. The average molecular weight is 157 g/mol. The summed E-state index contributed by atoms with van der Waals surface area (Å²) in [7, 11) is 0. The largest absolute Gasteiger partial charge is 0.204 e. The van der Waals surface area contributed by atoms with Crippen molar-refractivity contribution in [3.8, 4) is 0 Å². The van der Waals surface area contributed by atoms with Crippen molar-refractivity contribution in [1.82, 2.24) is 0 Å². The maximum Gasteiger partial charge on any atom is 0.168 e. The summed E-state index contributed by atoms with van der Waals surface area (Å²) in [5.74, 6) is 1.35. The summed E-state index contributed by atoms with van der Waals surface area (Å²) in [4.78, 5) is 0. The Bertz CT molecular complexity index is 224. The smallest absolute Gasteiger partial charge is 0.168 e. The van der Waals surface area contributed by atoms with E-state index < -0.39 is 0 Å². The zero-order valence-electron chi connectivity index (χ0n) is 6.85. The van der Waals surface area contributed by atoms with E-state index in [4.69, 9.17) is 0 Å². The van der Waals surface area contributed by atoms with E-state index >= 15 is 0 Å². The number of aromatic nitrogens is 1. The maximum absolute atomic E-state index is 2.16. The van der Waals surface area contributed by atoms with Gasteiger partial charge in [-0.25, -0.2) is 4.57 Å². The van der Waals surface area contributed by atoms with Crippen LogP contribution in [0.3, 0.4) is 0 Å². The molecule has 0 spiro atoms. The fourth-order valence-electron chi connectivity index (χ4n) is 1.27. The van der Waals surface area contributed by atoms with Crippen LogP contribution in [0.4, 0.5) is 0 Å². The lowest BCUT2D eigenvalue weighted by molar-refractivity contribution is -0.691. The van der Waals surface area contributed by atoms with E-state index in [0.717, 1.165) is 6.54 Å². The van der Waals surface area contributed by atoms with Gasteiger partial charge in [-0.05, 0) is 25.7 Å². The van der Waals surface area contributed by atoms with Gasteiger partial charge >= 0.3 is 0 Å². The Labute approximate surface area is 74.0 Å². The Morgan fingerprint density at radius 3 is 2.25 bits per heavy atom. The van der Waals surface area contributed by atoms with E-state index in [1.165, 1.54) is 5.92 Å².